The first-order valence-corrected chi connectivity index (χ1v) is 13.9. The quantitative estimate of drug-likeness (QED) is 0.263. The van der Waals surface area contributed by atoms with Crippen molar-refractivity contribution in [2.24, 2.45) is 0 Å². The van der Waals surface area contributed by atoms with E-state index in [4.69, 9.17) is 4.98 Å². The summed E-state index contributed by atoms with van der Waals surface area (Å²) >= 11 is 1.66. The normalized spacial score (nSPS) is 12.3. The third-order valence-electron chi connectivity index (χ3n) is 6.29. The Hall–Kier alpha value is -2.84. The molecular formula is C28H24ClFNPS. The van der Waals surface area contributed by atoms with E-state index < -0.39 is 6.60 Å². The molecule has 1 nitrogen and oxygen atoms in total. The van der Waals surface area contributed by atoms with Crippen LogP contribution >= 0.6 is 30.3 Å². The minimum atomic E-state index is -3.41. The zero-order valence-electron chi connectivity index (χ0n) is 17.9. The summed E-state index contributed by atoms with van der Waals surface area (Å²) in [6.45, 7) is -3.41. The Labute approximate surface area is 204 Å². The van der Waals surface area contributed by atoms with Crippen molar-refractivity contribution >= 4 is 51.6 Å². The maximum absolute atomic E-state index is 14.9. The van der Waals surface area contributed by atoms with E-state index in [0.717, 1.165) is 10.3 Å². The summed E-state index contributed by atoms with van der Waals surface area (Å²) in [5.41, 5.74) is 0. The van der Waals surface area contributed by atoms with Crippen LogP contribution in [0.25, 0.3) is 0 Å². The van der Waals surface area contributed by atoms with Crippen LogP contribution in [0.3, 0.4) is 0 Å². The topological polar surface area (TPSA) is 12.9 Å². The number of hydrogen-bond acceptors (Lipinski definition) is 2. The average Bonchev–Trinajstić information content (AvgIpc) is 3.37. The Kier molecular flexibility index (Phi) is 6.76. The van der Waals surface area contributed by atoms with Gasteiger partial charge in [-0.2, -0.15) is 0 Å². The van der Waals surface area contributed by atoms with Gasteiger partial charge in [-0.1, -0.05) is 0 Å². The first kappa shape index (κ1) is 23.3. The first-order chi connectivity index (χ1) is 15.7. The van der Waals surface area contributed by atoms with Crippen LogP contribution in [-0.2, 0) is 6.16 Å². The fourth-order valence-corrected chi connectivity index (χ4v) is 12.8. The van der Waals surface area contributed by atoms with Crippen molar-refractivity contribution in [1.82, 2.24) is 4.98 Å². The van der Waals surface area contributed by atoms with Gasteiger partial charge in [-0.25, -0.2) is 0 Å². The molecule has 33 heavy (non-hydrogen) atoms. The molecule has 0 spiro atoms. The monoisotopic (exact) mass is 491 g/mol. The maximum atomic E-state index is 14.9. The van der Waals surface area contributed by atoms with Crippen molar-refractivity contribution in [2.75, 3.05) is 0 Å². The predicted octanol–water partition coefficient (Wildman–Crippen LogP) is 6.06. The van der Waals surface area contributed by atoms with Gasteiger partial charge in [0.05, 0.1) is 0 Å². The number of rotatable bonds is 6. The van der Waals surface area contributed by atoms with Crippen LogP contribution < -0.4 is 21.2 Å². The van der Waals surface area contributed by atoms with Gasteiger partial charge in [-0.3, -0.25) is 0 Å². The molecule has 0 N–H and O–H groups in total. The third kappa shape index (κ3) is 3.71. The zero-order chi connectivity index (χ0) is 21.9. The van der Waals surface area contributed by atoms with E-state index in [2.05, 4.69) is 78.9 Å². The fraction of sp³-hybridized carbons (Fsp3) is 0.0357. The number of thiazole rings is 1. The number of halogens is 2. The Morgan fingerprint density at radius 1 is 0.636 bits per heavy atom. The molecule has 4 aromatic carbocycles. The van der Waals surface area contributed by atoms with Gasteiger partial charge in [0.15, 0.2) is 0 Å². The summed E-state index contributed by atoms with van der Waals surface area (Å²) in [4.78, 5) is 4.73. The minimum absolute atomic E-state index is 0. The zero-order valence-corrected chi connectivity index (χ0v) is 20.4. The van der Waals surface area contributed by atoms with Crippen molar-refractivity contribution in [1.29, 1.82) is 0 Å². The molecule has 1 heterocycles. The summed E-state index contributed by atoms with van der Waals surface area (Å²) < 4.78 is 14.9. The van der Waals surface area contributed by atoms with Gasteiger partial charge in [0.25, 0.3) is 0 Å². The van der Waals surface area contributed by atoms with E-state index in [0.29, 0.717) is 6.16 Å². The van der Waals surface area contributed by atoms with Crippen molar-refractivity contribution in [3.63, 3.8) is 0 Å². The summed E-state index contributed by atoms with van der Waals surface area (Å²) in [5.74, 6) is -0.224. The van der Waals surface area contributed by atoms with Gasteiger partial charge in [-0.05, 0) is 0 Å². The third-order valence-corrected chi connectivity index (χ3v) is 13.9. The van der Waals surface area contributed by atoms with Gasteiger partial charge in [0.1, 0.15) is 0 Å². The Bertz CT molecular complexity index is 1210. The summed E-state index contributed by atoms with van der Waals surface area (Å²) in [6.07, 6.45) is 2.56. The number of benzene rings is 4. The molecule has 0 bridgehead atoms. The van der Waals surface area contributed by atoms with Gasteiger partial charge in [0, 0.05) is 0 Å². The number of hydrogen-bond donors (Lipinski definition) is 0. The molecule has 0 aliphatic carbocycles. The Morgan fingerprint density at radius 3 is 1.55 bits per heavy atom. The molecule has 166 valence electrons. The molecule has 0 saturated heterocycles. The van der Waals surface area contributed by atoms with Crippen LogP contribution in [0.1, 0.15) is 5.01 Å². The molecule has 0 saturated carbocycles. The van der Waals surface area contributed by atoms with E-state index in [9.17, 15) is 4.39 Å². The molecular weight excluding hydrogens is 468 g/mol. The van der Waals surface area contributed by atoms with E-state index in [-0.39, 0.29) is 18.2 Å². The summed E-state index contributed by atoms with van der Waals surface area (Å²) in [5, 5.41) is 7.69. The van der Waals surface area contributed by atoms with Crippen molar-refractivity contribution < 1.29 is 4.39 Å². The molecule has 0 aliphatic heterocycles. The van der Waals surface area contributed by atoms with Gasteiger partial charge in [-0.15, -0.1) is 12.4 Å². The van der Waals surface area contributed by atoms with E-state index >= 15 is 0 Å². The van der Waals surface area contributed by atoms with E-state index in [1.165, 1.54) is 22.0 Å². The second kappa shape index (κ2) is 9.57. The molecule has 5 heteroatoms. The van der Waals surface area contributed by atoms with Crippen LogP contribution in [0.5, 0.6) is 0 Å². The van der Waals surface area contributed by atoms with Gasteiger partial charge < -0.3 is 0 Å². The summed E-state index contributed by atoms with van der Waals surface area (Å²) in [7, 11) is 0. The van der Waals surface area contributed by atoms with Gasteiger partial charge >= 0.3 is 192 Å². The molecule has 0 fully saturated rings. The van der Waals surface area contributed by atoms with E-state index in [1.54, 1.807) is 17.4 Å². The summed E-state index contributed by atoms with van der Waals surface area (Å²) in [6, 6.07) is 39.1. The molecule has 0 atom stereocenters. The first-order valence-electron chi connectivity index (χ1n) is 10.6. The van der Waals surface area contributed by atoms with Crippen molar-refractivity contribution in [3.05, 3.63) is 138 Å². The average molecular weight is 492 g/mol. The number of nitrogens with zero attached hydrogens (tertiary/aromatic N) is 1. The van der Waals surface area contributed by atoms with Crippen LogP contribution in [0.15, 0.2) is 127 Å². The molecule has 0 aliphatic rings. The van der Waals surface area contributed by atoms with Gasteiger partial charge in [0.2, 0.25) is 0 Å². The molecule has 0 radical (unpaired) electrons. The van der Waals surface area contributed by atoms with Crippen molar-refractivity contribution in [2.45, 2.75) is 6.16 Å². The Balaban J connectivity index is 0.00000259. The molecule has 0 unspecified atom stereocenters. The molecule has 5 rings (SSSR count). The van der Waals surface area contributed by atoms with Crippen LogP contribution in [0.2, 0.25) is 0 Å². The fourth-order valence-electron chi connectivity index (χ4n) is 4.92. The molecule has 1 aromatic heterocycles. The van der Waals surface area contributed by atoms with Crippen LogP contribution in [-0.4, -0.2) is 4.98 Å². The van der Waals surface area contributed by atoms with E-state index in [1.807, 2.05) is 35.8 Å². The predicted molar refractivity (Wildman–Crippen MR) is 144 cm³/mol. The van der Waals surface area contributed by atoms with Crippen molar-refractivity contribution in [3.8, 4) is 0 Å². The SMILES string of the molecule is Cl.Fc1cccc(P(Cc2nccs2)(c2ccccc2)(c2ccccc2)c2ccccc2)c1. The number of aromatic nitrogens is 1. The Morgan fingerprint density at radius 2 is 1.12 bits per heavy atom. The standard InChI is InChI=1S/C28H23FNPS.ClH/c29-23-11-10-18-27(21-23)31(22-28-30-19-20-32-28,24-12-4-1-5-13-24,25-14-6-2-7-15-25)26-16-8-3-9-17-26;/h1-21H,22H2;1H. The van der Waals surface area contributed by atoms with Crippen LogP contribution in [0.4, 0.5) is 4.39 Å². The molecule has 0 amide bonds. The molecule has 5 aromatic rings. The van der Waals surface area contributed by atoms with Crippen LogP contribution in [0, 0.1) is 5.82 Å². The second-order valence-electron chi connectivity index (χ2n) is 7.87. The second-order valence-corrected chi connectivity index (χ2v) is 13.8.